The molecule has 4 nitrogen and oxygen atoms in total. The van der Waals surface area contributed by atoms with Gasteiger partial charge in [0.2, 0.25) is 0 Å². The second-order valence-corrected chi connectivity index (χ2v) is 10.0. The van der Waals surface area contributed by atoms with E-state index < -0.39 is 6.04 Å². The predicted octanol–water partition coefficient (Wildman–Crippen LogP) is 5.55. The highest BCUT2D eigenvalue weighted by molar-refractivity contribution is 5.94. The van der Waals surface area contributed by atoms with E-state index in [1.165, 1.54) is 43.4 Å². The molecule has 1 saturated carbocycles. The van der Waals surface area contributed by atoms with Crippen LogP contribution in [0.25, 0.3) is 0 Å². The third-order valence-electron chi connectivity index (χ3n) is 7.56. The predicted molar refractivity (Wildman–Crippen MR) is 129 cm³/mol. The topological polar surface area (TPSA) is 52.6 Å². The van der Waals surface area contributed by atoms with Crippen molar-refractivity contribution in [2.75, 3.05) is 13.2 Å². The van der Waals surface area contributed by atoms with Gasteiger partial charge in [-0.3, -0.25) is 9.69 Å². The van der Waals surface area contributed by atoms with E-state index in [2.05, 4.69) is 36.2 Å². The molecule has 1 fully saturated rings. The molecule has 1 amide bonds. The second-order valence-electron chi connectivity index (χ2n) is 10.0. The minimum Gasteiger partial charge on any atom is -0.394 e. The third kappa shape index (κ3) is 5.07. The molecule has 0 bridgehead atoms. The first-order valence-electron chi connectivity index (χ1n) is 12.3. The lowest BCUT2D eigenvalue weighted by Crippen LogP contribution is -2.30. The molecule has 1 heterocycles. The van der Waals surface area contributed by atoms with Crippen LogP contribution in [0.2, 0.25) is 0 Å². The minimum absolute atomic E-state index is 0.120. The molecule has 1 aliphatic carbocycles. The number of aryl methyl sites for hydroxylation is 1. The molecule has 0 aromatic heterocycles. The Morgan fingerprint density at radius 1 is 1.12 bits per heavy atom. The highest BCUT2D eigenvalue weighted by Gasteiger charge is 2.32. The van der Waals surface area contributed by atoms with E-state index in [0.29, 0.717) is 11.6 Å². The summed E-state index contributed by atoms with van der Waals surface area (Å²) in [5.41, 5.74) is 5.42. The molecule has 2 aliphatic rings. The van der Waals surface area contributed by atoms with Crippen molar-refractivity contribution in [3.05, 3.63) is 70.3 Å². The minimum atomic E-state index is -0.398. The molecule has 0 unspecified atom stereocenters. The lowest BCUT2D eigenvalue weighted by Gasteiger charge is -2.32. The molecule has 2 N–H and O–H groups in total. The van der Waals surface area contributed by atoms with Gasteiger partial charge in [0.15, 0.2) is 0 Å². The van der Waals surface area contributed by atoms with Gasteiger partial charge in [-0.05, 0) is 66.8 Å². The van der Waals surface area contributed by atoms with Crippen molar-refractivity contribution in [1.29, 1.82) is 0 Å². The van der Waals surface area contributed by atoms with E-state index in [1.54, 1.807) is 0 Å². The van der Waals surface area contributed by atoms with Crippen LogP contribution in [0.5, 0.6) is 0 Å². The van der Waals surface area contributed by atoms with Gasteiger partial charge in [0.25, 0.3) is 5.91 Å². The van der Waals surface area contributed by atoms with Crippen LogP contribution in [-0.4, -0.2) is 29.1 Å². The number of rotatable bonds is 7. The molecule has 32 heavy (non-hydrogen) atoms. The number of hydrogen-bond acceptors (Lipinski definition) is 3. The van der Waals surface area contributed by atoms with E-state index in [-0.39, 0.29) is 12.5 Å². The first-order chi connectivity index (χ1) is 15.5. The number of amides is 1. The van der Waals surface area contributed by atoms with Gasteiger partial charge < -0.3 is 10.4 Å². The van der Waals surface area contributed by atoms with Crippen LogP contribution in [-0.2, 0) is 6.54 Å². The Balaban J connectivity index is 1.44. The van der Waals surface area contributed by atoms with Crippen molar-refractivity contribution in [3.63, 3.8) is 0 Å². The van der Waals surface area contributed by atoms with Crippen LogP contribution in [0, 0.1) is 18.8 Å². The van der Waals surface area contributed by atoms with Gasteiger partial charge in [-0.25, -0.2) is 0 Å². The molecule has 2 aromatic carbocycles. The highest BCUT2D eigenvalue weighted by Crippen LogP contribution is 2.39. The Morgan fingerprint density at radius 3 is 2.50 bits per heavy atom. The summed E-state index contributed by atoms with van der Waals surface area (Å²) >= 11 is 0. The molecule has 4 rings (SSSR count). The third-order valence-corrected chi connectivity index (χ3v) is 7.56. The molecule has 2 aromatic rings. The first-order valence-corrected chi connectivity index (χ1v) is 12.3. The highest BCUT2D eigenvalue weighted by atomic mass is 16.3. The molecular weight excluding hydrogens is 396 g/mol. The van der Waals surface area contributed by atoms with Gasteiger partial charge in [-0.1, -0.05) is 62.6 Å². The number of aliphatic hydroxyl groups is 1. The summed E-state index contributed by atoms with van der Waals surface area (Å²) in [7, 11) is 0. The first kappa shape index (κ1) is 23.0. The summed E-state index contributed by atoms with van der Waals surface area (Å²) in [5, 5.41) is 12.9. The van der Waals surface area contributed by atoms with Crippen LogP contribution in [0.4, 0.5) is 0 Å². The lowest BCUT2D eigenvalue weighted by molar-refractivity contribution is 0.0916. The van der Waals surface area contributed by atoms with Crippen molar-refractivity contribution >= 4 is 5.91 Å². The molecule has 0 saturated heterocycles. The van der Waals surface area contributed by atoms with Gasteiger partial charge in [-0.2, -0.15) is 0 Å². The average Bonchev–Trinajstić information content (AvgIpc) is 3.15. The molecule has 2 atom stereocenters. The number of carbonyl (C=O) groups excluding carboxylic acids is 1. The van der Waals surface area contributed by atoms with E-state index in [0.717, 1.165) is 35.9 Å². The number of benzene rings is 2. The Labute approximate surface area is 193 Å². The fourth-order valence-electron chi connectivity index (χ4n) is 5.52. The van der Waals surface area contributed by atoms with Crippen molar-refractivity contribution in [3.8, 4) is 0 Å². The fourth-order valence-corrected chi connectivity index (χ4v) is 5.52. The van der Waals surface area contributed by atoms with Gasteiger partial charge >= 0.3 is 0 Å². The van der Waals surface area contributed by atoms with Gasteiger partial charge in [0, 0.05) is 24.7 Å². The van der Waals surface area contributed by atoms with Crippen molar-refractivity contribution < 1.29 is 9.90 Å². The van der Waals surface area contributed by atoms with Gasteiger partial charge in [0.05, 0.1) is 12.6 Å². The molecule has 4 heteroatoms. The number of aliphatic hydroxyl groups excluding tert-OH is 1. The summed E-state index contributed by atoms with van der Waals surface area (Å²) in [5.74, 6) is 1.56. The summed E-state index contributed by atoms with van der Waals surface area (Å²) in [6.07, 6.45) is 6.51. The number of hydrogen-bond donors (Lipinski definition) is 2. The Bertz CT molecular complexity index is 916. The number of nitrogens with zero attached hydrogens (tertiary/aromatic N) is 1. The smallest absolute Gasteiger partial charge is 0.251 e. The number of nitrogens with one attached hydrogen (secondary N) is 1. The Morgan fingerprint density at radius 2 is 1.84 bits per heavy atom. The lowest BCUT2D eigenvalue weighted by atomic mass is 9.82. The van der Waals surface area contributed by atoms with Crippen molar-refractivity contribution in [1.82, 2.24) is 10.2 Å². The zero-order valence-electron chi connectivity index (χ0n) is 19.8. The Hall–Kier alpha value is -2.17. The molecular formula is C28H38N2O2. The SMILES string of the molecule is CC[C@@H]1c2ccc(C(=O)N[C@@H](CO)c3ccc(C)cc3)cc2CN1CC1CCC(C)CC1. The summed E-state index contributed by atoms with van der Waals surface area (Å²) in [6, 6.07) is 14.2. The Kier molecular flexibility index (Phi) is 7.32. The van der Waals surface area contributed by atoms with E-state index in [1.807, 2.05) is 37.3 Å². The molecule has 0 spiro atoms. The van der Waals surface area contributed by atoms with Crippen molar-refractivity contribution in [2.24, 2.45) is 11.8 Å². The maximum atomic E-state index is 13.0. The molecule has 0 radical (unpaired) electrons. The van der Waals surface area contributed by atoms with E-state index in [9.17, 15) is 9.90 Å². The largest absolute Gasteiger partial charge is 0.394 e. The maximum Gasteiger partial charge on any atom is 0.251 e. The monoisotopic (exact) mass is 434 g/mol. The summed E-state index contributed by atoms with van der Waals surface area (Å²) in [6.45, 7) is 8.66. The van der Waals surface area contributed by atoms with Crippen LogP contribution in [0.1, 0.15) is 90.6 Å². The van der Waals surface area contributed by atoms with Gasteiger partial charge in [-0.15, -0.1) is 0 Å². The normalized spacial score (nSPS) is 24.2. The van der Waals surface area contributed by atoms with E-state index >= 15 is 0 Å². The second kappa shape index (κ2) is 10.2. The fraction of sp³-hybridized carbons (Fsp3) is 0.536. The summed E-state index contributed by atoms with van der Waals surface area (Å²) < 4.78 is 0. The maximum absolute atomic E-state index is 13.0. The zero-order chi connectivity index (χ0) is 22.7. The quantitative estimate of drug-likeness (QED) is 0.601. The average molecular weight is 435 g/mol. The van der Waals surface area contributed by atoms with E-state index in [4.69, 9.17) is 0 Å². The molecule has 1 aliphatic heterocycles. The number of fused-ring (bicyclic) bond motifs is 1. The van der Waals surface area contributed by atoms with Crippen LogP contribution in [0.3, 0.4) is 0 Å². The standard InChI is InChI=1S/C28H38N2O2/c1-4-27-25-14-13-23(28(32)29-26(18-31)22-11-7-20(3)8-12-22)15-24(25)17-30(27)16-21-9-5-19(2)6-10-21/h7-8,11-15,19,21,26-27,31H,4-6,9-10,16-18H2,1-3H3,(H,29,32)/t19?,21?,26-,27+/m0/s1. The number of carbonyl (C=O) groups is 1. The molecule has 172 valence electrons. The zero-order valence-corrected chi connectivity index (χ0v) is 19.8. The van der Waals surface area contributed by atoms with Crippen molar-refractivity contribution in [2.45, 2.75) is 71.5 Å². The summed E-state index contributed by atoms with van der Waals surface area (Å²) in [4.78, 5) is 15.6. The van der Waals surface area contributed by atoms with Crippen LogP contribution < -0.4 is 5.32 Å². The van der Waals surface area contributed by atoms with Gasteiger partial charge in [0.1, 0.15) is 0 Å². The van der Waals surface area contributed by atoms with Crippen LogP contribution >= 0.6 is 0 Å². The van der Waals surface area contributed by atoms with Crippen LogP contribution in [0.15, 0.2) is 42.5 Å².